The molecule has 0 aliphatic heterocycles. The Labute approximate surface area is 263 Å². The monoisotopic (exact) mass is 633 g/mol. The first-order chi connectivity index (χ1) is 20.4. The maximum absolute atomic E-state index is 15.3. The van der Waals surface area contributed by atoms with Gasteiger partial charge in [-0.2, -0.15) is 0 Å². The van der Waals surface area contributed by atoms with Crippen LogP contribution in [0.4, 0.5) is 0 Å². The van der Waals surface area contributed by atoms with Crippen molar-refractivity contribution >= 4 is 14.7 Å². The number of unbranched alkanes of at least 4 members (excludes halogenated alkanes) is 12. The van der Waals surface area contributed by atoms with E-state index in [0.717, 1.165) is 50.3 Å². The zero-order valence-electron chi connectivity index (χ0n) is 28.9. The third kappa shape index (κ3) is 14.8. The average molecular weight is 633 g/mol. The molecule has 6 heteroatoms. The van der Waals surface area contributed by atoms with E-state index in [4.69, 9.17) is 13.4 Å². The Balaban J connectivity index is 2.52. The molecule has 0 radical (unpaired) electrons. The summed E-state index contributed by atoms with van der Waals surface area (Å²) in [5.74, 6) is 0. The zero-order chi connectivity index (χ0) is 30.4. The molecule has 0 amide bonds. The third-order valence-corrected chi connectivity index (χ3v) is 19.9. The molecule has 2 saturated carbocycles. The molecule has 0 spiro atoms. The van der Waals surface area contributed by atoms with E-state index in [0.29, 0.717) is 0 Å². The molecule has 4 nitrogen and oxygen atoms in total. The molecular formula is C36H74O4P2. The summed E-state index contributed by atoms with van der Waals surface area (Å²) >= 11 is 0. The third-order valence-electron chi connectivity index (χ3n) is 10.3. The van der Waals surface area contributed by atoms with Crippen LogP contribution in [0.15, 0.2) is 0 Å². The average Bonchev–Trinajstić information content (AvgIpc) is 2.99. The molecule has 2 fully saturated rings. The summed E-state index contributed by atoms with van der Waals surface area (Å²) in [7, 11) is -3.71. The second-order valence-electron chi connectivity index (χ2n) is 14.3. The minimum absolute atomic E-state index is 0.0239. The van der Waals surface area contributed by atoms with Crippen molar-refractivity contribution in [2.45, 2.75) is 207 Å². The van der Waals surface area contributed by atoms with E-state index in [1.165, 1.54) is 141 Å². The van der Waals surface area contributed by atoms with Gasteiger partial charge in [0, 0.05) is 0 Å². The van der Waals surface area contributed by atoms with Crippen molar-refractivity contribution in [3.8, 4) is 0 Å². The van der Waals surface area contributed by atoms with Crippen LogP contribution in [0.1, 0.15) is 195 Å². The second-order valence-corrected chi connectivity index (χ2v) is 21.7. The second kappa shape index (κ2) is 22.1. The van der Waals surface area contributed by atoms with E-state index >= 15 is 4.57 Å². The summed E-state index contributed by atoms with van der Waals surface area (Å²) in [6.45, 7) is 6.34. The van der Waals surface area contributed by atoms with Gasteiger partial charge in [-0.3, -0.25) is 0 Å². The van der Waals surface area contributed by atoms with Crippen molar-refractivity contribution in [1.82, 2.24) is 0 Å². The SMILES string of the molecule is CCCCCCP(CCCCCC)(CCCCCC)(CCCCCC)OP(=O)(OC1CCCCC1)OC1CCCCC1. The molecule has 42 heavy (non-hydrogen) atoms. The standard InChI is InChI=1S/C36H74O4P2/c1-5-9-13-23-31-42(32-24-14-10-6-2,33-25-15-11-7-3,34-26-16-12-8-4)40-41(37,38-35-27-19-17-20-28-35)39-36-29-21-18-22-30-36/h35-36H,5-34H2,1-4H3. The first-order valence-corrected chi connectivity index (χ1v) is 23.5. The molecule has 0 atom stereocenters. The van der Waals surface area contributed by atoms with Gasteiger partial charge in [0.25, 0.3) is 0 Å². The molecule has 0 heterocycles. The molecule has 0 bridgehead atoms. The van der Waals surface area contributed by atoms with Crippen LogP contribution in [0.25, 0.3) is 0 Å². The Hall–Kier alpha value is 0.540. The fraction of sp³-hybridized carbons (Fsp3) is 1.00. The van der Waals surface area contributed by atoms with Crippen LogP contribution < -0.4 is 0 Å². The van der Waals surface area contributed by atoms with Crippen molar-refractivity contribution in [3.63, 3.8) is 0 Å². The van der Waals surface area contributed by atoms with Gasteiger partial charge in [-0.05, 0) is 0 Å². The summed E-state index contributed by atoms with van der Waals surface area (Å²) in [4.78, 5) is 0. The van der Waals surface area contributed by atoms with Gasteiger partial charge in [-0.1, -0.05) is 0 Å². The van der Waals surface area contributed by atoms with Crippen molar-refractivity contribution in [2.24, 2.45) is 0 Å². The first kappa shape index (κ1) is 38.7. The van der Waals surface area contributed by atoms with E-state index in [-0.39, 0.29) is 12.2 Å². The van der Waals surface area contributed by atoms with Crippen LogP contribution in [-0.4, -0.2) is 36.9 Å². The topological polar surface area (TPSA) is 44.8 Å². The number of hydrogen-bond donors (Lipinski definition) is 0. The molecule has 0 N–H and O–H groups in total. The van der Waals surface area contributed by atoms with Gasteiger partial charge in [-0.15, -0.1) is 0 Å². The Morgan fingerprint density at radius 1 is 0.476 bits per heavy atom. The molecule has 0 unspecified atom stereocenters. The Bertz CT molecular complexity index is 619. The maximum atomic E-state index is 15.3. The van der Waals surface area contributed by atoms with Crippen LogP contribution >= 0.6 is 14.7 Å². The van der Waals surface area contributed by atoms with E-state index in [2.05, 4.69) is 27.7 Å². The summed E-state index contributed by atoms with van der Waals surface area (Å²) in [5, 5.41) is 0. The predicted octanol–water partition coefficient (Wildman–Crippen LogP) is 13.6. The molecule has 0 aromatic heterocycles. The quantitative estimate of drug-likeness (QED) is 0.0703. The van der Waals surface area contributed by atoms with Gasteiger partial charge in [0.15, 0.2) is 0 Å². The van der Waals surface area contributed by atoms with Gasteiger partial charge in [0.2, 0.25) is 0 Å². The summed E-state index contributed by atoms with van der Waals surface area (Å²) in [6.07, 6.45) is 35.7. The Morgan fingerprint density at radius 3 is 1.07 bits per heavy atom. The molecule has 0 aromatic rings. The van der Waals surface area contributed by atoms with Crippen LogP contribution in [-0.2, 0) is 17.9 Å². The molecule has 2 rings (SSSR count). The Morgan fingerprint density at radius 2 is 0.786 bits per heavy atom. The fourth-order valence-electron chi connectivity index (χ4n) is 7.64. The van der Waals surface area contributed by atoms with Crippen LogP contribution in [0.5, 0.6) is 0 Å². The van der Waals surface area contributed by atoms with Gasteiger partial charge < -0.3 is 0 Å². The van der Waals surface area contributed by atoms with E-state index < -0.39 is 14.7 Å². The van der Waals surface area contributed by atoms with E-state index in [1.54, 1.807) is 0 Å². The van der Waals surface area contributed by atoms with Crippen LogP contribution in [0, 0.1) is 0 Å². The van der Waals surface area contributed by atoms with Crippen molar-refractivity contribution in [1.29, 1.82) is 0 Å². The molecule has 2 aliphatic rings. The normalized spacial score (nSPS) is 18.7. The molecule has 0 saturated heterocycles. The van der Waals surface area contributed by atoms with Crippen LogP contribution in [0.2, 0.25) is 0 Å². The van der Waals surface area contributed by atoms with Crippen molar-refractivity contribution in [2.75, 3.05) is 24.6 Å². The van der Waals surface area contributed by atoms with Gasteiger partial charge in [0.1, 0.15) is 0 Å². The van der Waals surface area contributed by atoms with E-state index in [1.807, 2.05) is 0 Å². The summed E-state index contributed by atoms with van der Waals surface area (Å²) in [6, 6.07) is 0. The zero-order valence-corrected chi connectivity index (χ0v) is 30.7. The molecular weight excluding hydrogens is 558 g/mol. The van der Waals surface area contributed by atoms with E-state index in [9.17, 15) is 0 Å². The number of hydrogen-bond acceptors (Lipinski definition) is 4. The van der Waals surface area contributed by atoms with Crippen molar-refractivity contribution in [3.05, 3.63) is 0 Å². The fourth-order valence-corrected chi connectivity index (χ4v) is 18.2. The minimum atomic E-state index is -3.71. The molecule has 2 aliphatic carbocycles. The number of phosphoric ester groups is 1. The predicted molar refractivity (Wildman–Crippen MR) is 188 cm³/mol. The molecule has 0 aromatic carbocycles. The first-order valence-electron chi connectivity index (χ1n) is 19.1. The Kier molecular flexibility index (Phi) is 20.4. The summed E-state index contributed by atoms with van der Waals surface area (Å²) in [5.41, 5.74) is 0. The number of rotatable bonds is 26. The van der Waals surface area contributed by atoms with Gasteiger partial charge in [-0.25, -0.2) is 0 Å². The van der Waals surface area contributed by atoms with Gasteiger partial charge in [0.05, 0.1) is 0 Å². The van der Waals surface area contributed by atoms with Crippen LogP contribution in [0.3, 0.4) is 0 Å². The number of phosphoric acid groups is 1. The molecule has 252 valence electrons. The van der Waals surface area contributed by atoms with Crippen molar-refractivity contribution < 1.29 is 17.9 Å². The van der Waals surface area contributed by atoms with Gasteiger partial charge >= 0.3 is 264 Å². The summed E-state index contributed by atoms with van der Waals surface area (Å²) < 4.78 is 36.3.